The standard InChI is InChI=1S/C27H22N2O/c1-21-13-11-12-20-25(21)28-26(22-14-5-2-6-15-22)29(24-18-9-4-10-19-24)27(30)23-16-7-3-8-17-23/h2-20H,1H3. The van der Waals surface area contributed by atoms with E-state index in [9.17, 15) is 4.79 Å². The number of hydrogen-bond donors (Lipinski definition) is 0. The molecule has 0 fully saturated rings. The summed E-state index contributed by atoms with van der Waals surface area (Å²) >= 11 is 0. The van der Waals surface area contributed by atoms with E-state index in [1.807, 2.05) is 122 Å². The lowest BCUT2D eigenvalue weighted by Crippen LogP contribution is -2.37. The molecule has 0 radical (unpaired) electrons. The van der Waals surface area contributed by atoms with Gasteiger partial charge in [0.1, 0.15) is 5.84 Å². The molecule has 0 aliphatic heterocycles. The van der Waals surface area contributed by atoms with Crippen LogP contribution in [0.15, 0.2) is 120 Å². The van der Waals surface area contributed by atoms with Crippen molar-refractivity contribution in [3.05, 3.63) is 132 Å². The highest BCUT2D eigenvalue weighted by atomic mass is 16.2. The average Bonchev–Trinajstić information content (AvgIpc) is 2.81. The normalized spacial score (nSPS) is 11.2. The highest BCUT2D eigenvalue weighted by Crippen LogP contribution is 2.25. The van der Waals surface area contributed by atoms with E-state index in [2.05, 4.69) is 0 Å². The van der Waals surface area contributed by atoms with Crippen molar-refractivity contribution >= 4 is 23.1 Å². The summed E-state index contributed by atoms with van der Waals surface area (Å²) in [5.41, 5.74) is 4.12. The molecule has 0 bridgehead atoms. The van der Waals surface area contributed by atoms with Gasteiger partial charge in [-0.05, 0) is 42.8 Å². The predicted octanol–water partition coefficient (Wildman–Crippen LogP) is 6.42. The van der Waals surface area contributed by atoms with Crippen molar-refractivity contribution in [2.75, 3.05) is 4.90 Å². The number of amides is 1. The molecule has 0 aromatic heterocycles. The van der Waals surface area contributed by atoms with Crippen LogP contribution in [0.4, 0.5) is 11.4 Å². The van der Waals surface area contributed by atoms with E-state index >= 15 is 0 Å². The third kappa shape index (κ3) is 4.20. The lowest BCUT2D eigenvalue weighted by atomic mass is 10.1. The highest BCUT2D eigenvalue weighted by Gasteiger charge is 2.24. The van der Waals surface area contributed by atoms with Crippen LogP contribution in [0.1, 0.15) is 21.5 Å². The number of carbonyl (C=O) groups is 1. The molecular weight excluding hydrogens is 368 g/mol. The van der Waals surface area contributed by atoms with Crippen molar-refractivity contribution in [1.82, 2.24) is 0 Å². The van der Waals surface area contributed by atoms with Gasteiger partial charge in [0.05, 0.1) is 11.4 Å². The van der Waals surface area contributed by atoms with Crippen molar-refractivity contribution in [1.29, 1.82) is 0 Å². The Morgan fingerprint density at radius 3 is 1.73 bits per heavy atom. The zero-order valence-electron chi connectivity index (χ0n) is 16.8. The largest absolute Gasteiger partial charge is 0.268 e. The van der Waals surface area contributed by atoms with Crippen molar-refractivity contribution in [3.8, 4) is 0 Å². The summed E-state index contributed by atoms with van der Waals surface area (Å²) in [6, 6.07) is 36.7. The van der Waals surface area contributed by atoms with Crippen LogP contribution in [0.5, 0.6) is 0 Å². The summed E-state index contributed by atoms with van der Waals surface area (Å²) in [5, 5.41) is 0. The number of amidine groups is 1. The van der Waals surface area contributed by atoms with Crippen LogP contribution in [0.2, 0.25) is 0 Å². The molecule has 4 rings (SSSR count). The molecule has 4 aromatic rings. The zero-order chi connectivity index (χ0) is 20.8. The molecule has 0 N–H and O–H groups in total. The molecule has 0 spiro atoms. The van der Waals surface area contributed by atoms with Crippen LogP contribution < -0.4 is 4.90 Å². The third-order valence-electron chi connectivity index (χ3n) is 4.82. The first-order valence-corrected chi connectivity index (χ1v) is 9.88. The molecular formula is C27H22N2O. The van der Waals surface area contributed by atoms with Crippen molar-refractivity contribution < 1.29 is 4.79 Å². The first-order chi connectivity index (χ1) is 14.7. The van der Waals surface area contributed by atoms with Crippen molar-refractivity contribution in [2.24, 2.45) is 4.99 Å². The molecule has 0 atom stereocenters. The second-order valence-corrected chi connectivity index (χ2v) is 6.93. The van der Waals surface area contributed by atoms with Gasteiger partial charge in [-0.2, -0.15) is 0 Å². The average molecular weight is 390 g/mol. The summed E-state index contributed by atoms with van der Waals surface area (Å²) in [6.07, 6.45) is 0. The van der Waals surface area contributed by atoms with E-state index in [1.54, 1.807) is 4.90 Å². The molecule has 3 heteroatoms. The van der Waals surface area contributed by atoms with Crippen molar-refractivity contribution in [2.45, 2.75) is 6.92 Å². The van der Waals surface area contributed by atoms with Crippen LogP contribution in [0, 0.1) is 6.92 Å². The summed E-state index contributed by atoms with van der Waals surface area (Å²) in [4.78, 5) is 20.3. The molecule has 0 aliphatic rings. The molecule has 0 unspecified atom stereocenters. The van der Waals surface area contributed by atoms with Gasteiger partial charge in [-0.25, -0.2) is 4.99 Å². The number of aliphatic imine (C=N–C) groups is 1. The maximum absolute atomic E-state index is 13.7. The van der Waals surface area contributed by atoms with Crippen LogP contribution >= 0.6 is 0 Å². The van der Waals surface area contributed by atoms with E-state index in [1.165, 1.54) is 0 Å². The molecule has 0 saturated heterocycles. The Bertz CT molecular complexity index is 1150. The number of carbonyl (C=O) groups excluding carboxylic acids is 1. The fourth-order valence-electron chi connectivity index (χ4n) is 3.26. The van der Waals surface area contributed by atoms with Gasteiger partial charge >= 0.3 is 0 Å². The van der Waals surface area contributed by atoms with E-state index in [4.69, 9.17) is 4.99 Å². The number of para-hydroxylation sites is 2. The first kappa shape index (κ1) is 19.3. The van der Waals surface area contributed by atoms with Gasteiger partial charge in [-0.3, -0.25) is 9.69 Å². The minimum Gasteiger partial charge on any atom is -0.268 e. The molecule has 3 nitrogen and oxygen atoms in total. The maximum Gasteiger partial charge on any atom is 0.264 e. The monoisotopic (exact) mass is 390 g/mol. The first-order valence-electron chi connectivity index (χ1n) is 9.88. The molecule has 146 valence electrons. The summed E-state index contributed by atoms with van der Waals surface area (Å²) in [5.74, 6) is 0.461. The van der Waals surface area contributed by atoms with Gasteiger partial charge in [0.25, 0.3) is 5.91 Å². The zero-order valence-corrected chi connectivity index (χ0v) is 16.8. The summed E-state index contributed by atoms with van der Waals surface area (Å²) in [7, 11) is 0. The van der Waals surface area contributed by atoms with Crippen LogP contribution in [-0.2, 0) is 0 Å². The minimum atomic E-state index is -0.127. The highest BCUT2D eigenvalue weighted by molar-refractivity contribution is 6.28. The number of nitrogens with zero attached hydrogens (tertiary/aromatic N) is 2. The van der Waals surface area contributed by atoms with Crippen molar-refractivity contribution in [3.63, 3.8) is 0 Å². The Morgan fingerprint density at radius 2 is 1.13 bits per heavy atom. The lowest BCUT2D eigenvalue weighted by Gasteiger charge is -2.25. The SMILES string of the molecule is Cc1ccccc1N=C(c1ccccc1)N(C(=O)c1ccccc1)c1ccccc1. The third-order valence-corrected chi connectivity index (χ3v) is 4.82. The van der Waals surface area contributed by atoms with Gasteiger partial charge in [0.2, 0.25) is 0 Å². The van der Waals surface area contributed by atoms with Gasteiger partial charge < -0.3 is 0 Å². The van der Waals surface area contributed by atoms with E-state index in [0.29, 0.717) is 11.4 Å². The van der Waals surface area contributed by atoms with E-state index in [-0.39, 0.29) is 5.91 Å². The second kappa shape index (κ2) is 9.01. The lowest BCUT2D eigenvalue weighted by molar-refractivity contribution is 0.100. The Balaban J connectivity index is 1.94. The Morgan fingerprint density at radius 1 is 0.633 bits per heavy atom. The number of benzene rings is 4. The molecule has 4 aromatic carbocycles. The number of rotatable bonds is 4. The Hall–Kier alpha value is -3.98. The minimum absolute atomic E-state index is 0.127. The van der Waals surface area contributed by atoms with Gasteiger partial charge in [0.15, 0.2) is 0 Å². The molecule has 1 amide bonds. The number of anilines is 1. The molecule has 0 aliphatic carbocycles. The number of aryl methyl sites for hydroxylation is 1. The van der Waals surface area contributed by atoms with E-state index in [0.717, 1.165) is 22.5 Å². The van der Waals surface area contributed by atoms with E-state index < -0.39 is 0 Å². The summed E-state index contributed by atoms with van der Waals surface area (Å²) in [6.45, 7) is 2.02. The van der Waals surface area contributed by atoms with Crippen LogP contribution in [-0.4, -0.2) is 11.7 Å². The van der Waals surface area contributed by atoms with Gasteiger partial charge in [0, 0.05) is 11.1 Å². The fraction of sp³-hybridized carbons (Fsp3) is 0.0370. The quantitative estimate of drug-likeness (QED) is 0.292. The molecule has 0 heterocycles. The predicted molar refractivity (Wildman–Crippen MR) is 124 cm³/mol. The Kier molecular flexibility index (Phi) is 5.81. The topological polar surface area (TPSA) is 32.7 Å². The van der Waals surface area contributed by atoms with Gasteiger partial charge in [-0.15, -0.1) is 0 Å². The molecule has 30 heavy (non-hydrogen) atoms. The second-order valence-electron chi connectivity index (χ2n) is 6.93. The van der Waals surface area contributed by atoms with Crippen LogP contribution in [0.25, 0.3) is 0 Å². The van der Waals surface area contributed by atoms with Gasteiger partial charge in [-0.1, -0.05) is 84.9 Å². The smallest absolute Gasteiger partial charge is 0.264 e. The maximum atomic E-state index is 13.7. The van der Waals surface area contributed by atoms with Crippen LogP contribution in [0.3, 0.4) is 0 Å². The number of hydrogen-bond acceptors (Lipinski definition) is 2. The summed E-state index contributed by atoms with van der Waals surface area (Å²) < 4.78 is 0. The Labute approximate surface area is 177 Å². The fourth-order valence-corrected chi connectivity index (χ4v) is 3.26. The molecule has 0 saturated carbocycles.